The van der Waals surface area contributed by atoms with Gasteiger partial charge in [-0.3, -0.25) is 0 Å². The van der Waals surface area contributed by atoms with E-state index < -0.39 is 6.61 Å². The van der Waals surface area contributed by atoms with Gasteiger partial charge in [-0.15, -0.1) is 0 Å². The molecule has 0 heterocycles. The zero-order valence-corrected chi connectivity index (χ0v) is 13.2. The van der Waals surface area contributed by atoms with Gasteiger partial charge in [-0.25, -0.2) is 4.99 Å². The van der Waals surface area contributed by atoms with Crippen LogP contribution in [0.3, 0.4) is 0 Å². The van der Waals surface area contributed by atoms with Gasteiger partial charge in [-0.05, 0) is 18.1 Å². The van der Waals surface area contributed by atoms with Crippen molar-refractivity contribution in [3.63, 3.8) is 0 Å². The number of benzene rings is 1. The standard InChI is InChI=1S/C13H17Cl2F2N3O/c1-7(2)5-19-13(18)20-6-8-3-9(14)4-10(15)11(8)21-12(16)17/h3-4,7,12H,5-6H2,1-2H3,(H3,18,19,20). The summed E-state index contributed by atoms with van der Waals surface area (Å²) in [6.45, 7) is 1.74. The lowest BCUT2D eigenvalue weighted by atomic mass is 10.2. The molecule has 1 aromatic carbocycles. The van der Waals surface area contributed by atoms with Crippen LogP contribution in [0.2, 0.25) is 10.0 Å². The molecule has 0 aromatic heterocycles. The molecule has 0 amide bonds. The predicted molar refractivity (Wildman–Crippen MR) is 81.3 cm³/mol. The van der Waals surface area contributed by atoms with Crippen molar-refractivity contribution in [1.82, 2.24) is 5.32 Å². The quantitative estimate of drug-likeness (QED) is 0.614. The minimum Gasteiger partial charge on any atom is -0.433 e. The SMILES string of the molecule is CC(C)CNC(N)=NCc1cc(Cl)cc(Cl)c1OC(F)F. The van der Waals surface area contributed by atoms with Crippen molar-refractivity contribution < 1.29 is 13.5 Å². The lowest BCUT2D eigenvalue weighted by Gasteiger charge is -2.12. The van der Waals surface area contributed by atoms with Gasteiger partial charge in [-0.1, -0.05) is 37.0 Å². The molecule has 1 rings (SSSR count). The molecule has 8 heteroatoms. The molecule has 0 unspecified atom stereocenters. The smallest absolute Gasteiger partial charge is 0.387 e. The van der Waals surface area contributed by atoms with E-state index in [1.54, 1.807) is 0 Å². The third kappa shape index (κ3) is 6.35. The highest BCUT2D eigenvalue weighted by atomic mass is 35.5. The summed E-state index contributed by atoms with van der Waals surface area (Å²) in [6, 6.07) is 2.79. The second kappa shape index (κ2) is 8.24. The molecule has 0 atom stereocenters. The number of nitrogens with two attached hydrogens (primary N) is 1. The first-order valence-corrected chi connectivity index (χ1v) is 7.01. The van der Waals surface area contributed by atoms with E-state index in [2.05, 4.69) is 15.0 Å². The summed E-state index contributed by atoms with van der Waals surface area (Å²) < 4.78 is 29.2. The number of guanidine groups is 1. The average Bonchev–Trinajstić information content (AvgIpc) is 2.37. The van der Waals surface area contributed by atoms with Crippen LogP contribution in [-0.4, -0.2) is 19.1 Å². The lowest BCUT2D eigenvalue weighted by Crippen LogP contribution is -2.34. The Morgan fingerprint density at radius 3 is 2.62 bits per heavy atom. The Bertz CT molecular complexity index is 510. The van der Waals surface area contributed by atoms with Crippen molar-refractivity contribution in [3.05, 3.63) is 27.7 Å². The minimum atomic E-state index is -2.98. The molecule has 0 aliphatic heterocycles. The minimum absolute atomic E-state index is 0.00158. The lowest BCUT2D eigenvalue weighted by molar-refractivity contribution is -0.0503. The summed E-state index contributed by atoms with van der Waals surface area (Å²) in [5.41, 5.74) is 6.02. The fourth-order valence-electron chi connectivity index (χ4n) is 1.49. The molecule has 118 valence electrons. The van der Waals surface area contributed by atoms with Crippen LogP contribution < -0.4 is 15.8 Å². The van der Waals surface area contributed by atoms with Crippen molar-refractivity contribution >= 4 is 29.2 Å². The summed E-state index contributed by atoms with van der Waals surface area (Å²) in [7, 11) is 0. The number of rotatable bonds is 6. The molecule has 0 bridgehead atoms. The van der Waals surface area contributed by atoms with Crippen molar-refractivity contribution in [2.45, 2.75) is 27.0 Å². The predicted octanol–water partition coefficient (Wildman–Crippen LogP) is 3.66. The van der Waals surface area contributed by atoms with E-state index in [1.165, 1.54) is 12.1 Å². The highest BCUT2D eigenvalue weighted by molar-refractivity contribution is 6.35. The maximum absolute atomic E-state index is 12.4. The summed E-state index contributed by atoms with van der Waals surface area (Å²) in [4.78, 5) is 4.06. The Morgan fingerprint density at radius 2 is 2.05 bits per heavy atom. The van der Waals surface area contributed by atoms with Crippen molar-refractivity contribution in [3.8, 4) is 5.75 Å². The zero-order chi connectivity index (χ0) is 16.0. The number of ether oxygens (including phenoxy) is 1. The number of nitrogens with one attached hydrogen (secondary N) is 1. The van der Waals surface area contributed by atoms with Crippen LogP contribution in [0.25, 0.3) is 0 Å². The average molecular weight is 340 g/mol. The van der Waals surface area contributed by atoms with Crippen LogP contribution in [0.1, 0.15) is 19.4 Å². The van der Waals surface area contributed by atoms with Gasteiger partial charge in [0.25, 0.3) is 0 Å². The Balaban J connectivity index is 2.88. The van der Waals surface area contributed by atoms with E-state index >= 15 is 0 Å². The van der Waals surface area contributed by atoms with E-state index in [1.807, 2.05) is 13.8 Å². The van der Waals surface area contributed by atoms with Crippen LogP contribution in [0.15, 0.2) is 17.1 Å². The molecule has 0 radical (unpaired) electrons. The van der Waals surface area contributed by atoms with Gasteiger partial charge >= 0.3 is 6.61 Å². The second-order valence-corrected chi connectivity index (χ2v) is 5.57. The fraction of sp³-hybridized carbons (Fsp3) is 0.462. The van der Waals surface area contributed by atoms with Crippen LogP contribution in [0, 0.1) is 5.92 Å². The van der Waals surface area contributed by atoms with Gasteiger partial charge in [0, 0.05) is 17.1 Å². The molecular formula is C13H17Cl2F2N3O. The van der Waals surface area contributed by atoms with Crippen molar-refractivity contribution in [2.24, 2.45) is 16.6 Å². The molecule has 3 N–H and O–H groups in total. The van der Waals surface area contributed by atoms with Crippen LogP contribution in [0.4, 0.5) is 8.78 Å². The van der Waals surface area contributed by atoms with Gasteiger partial charge in [0.05, 0.1) is 11.6 Å². The number of halogens is 4. The third-order valence-electron chi connectivity index (χ3n) is 2.40. The molecule has 0 fully saturated rings. The van der Waals surface area contributed by atoms with E-state index in [4.69, 9.17) is 28.9 Å². The highest BCUT2D eigenvalue weighted by Crippen LogP contribution is 2.34. The van der Waals surface area contributed by atoms with Crippen LogP contribution >= 0.6 is 23.2 Å². The number of aliphatic imine (C=N–C) groups is 1. The third-order valence-corrected chi connectivity index (χ3v) is 2.90. The Labute approximate surface area is 132 Å². The van der Waals surface area contributed by atoms with Crippen LogP contribution in [0.5, 0.6) is 5.75 Å². The second-order valence-electron chi connectivity index (χ2n) is 4.73. The first kappa shape index (κ1) is 17.8. The molecule has 0 saturated heterocycles. The molecule has 0 aliphatic carbocycles. The summed E-state index contributed by atoms with van der Waals surface area (Å²) >= 11 is 11.7. The highest BCUT2D eigenvalue weighted by Gasteiger charge is 2.15. The largest absolute Gasteiger partial charge is 0.433 e. The Kier molecular flexibility index (Phi) is 6.98. The summed E-state index contributed by atoms with van der Waals surface area (Å²) in [5, 5.41) is 3.22. The van der Waals surface area contributed by atoms with Gasteiger partial charge in [0.15, 0.2) is 5.96 Å². The van der Waals surface area contributed by atoms with Crippen molar-refractivity contribution in [2.75, 3.05) is 6.54 Å². The normalized spacial score (nSPS) is 12.1. The van der Waals surface area contributed by atoms with E-state index in [9.17, 15) is 8.78 Å². The van der Waals surface area contributed by atoms with Gasteiger partial charge < -0.3 is 15.8 Å². The van der Waals surface area contributed by atoms with Gasteiger partial charge in [-0.2, -0.15) is 8.78 Å². The Morgan fingerprint density at radius 1 is 1.38 bits per heavy atom. The van der Waals surface area contributed by atoms with Crippen molar-refractivity contribution in [1.29, 1.82) is 0 Å². The molecule has 4 nitrogen and oxygen atoms in total. The molecule has 0 saturated carbocycles. The molecule has 0 aliphatic rings. The first-order valence-electron chi connectivity index (χ1n) is 6.26. The zero-order valence-electron chi connectivity index (χ0n) is 11.7. The summed E-state index contributed by atoms with van der Waals surface area (Å²) in [6.07, 6.45) is 0. The Hall–Kier alpha value is -1.27. The number of hydrogen-bond donors (Lipinski definition) is 2. The summed E-state index contributed by atoms with van der Waals surface area (Å²) in [5.74, 6) is 0.469. The number of nitrogens with zero attached hydrogens (tertiary/aromatic N) is 1. The first-order chi connectivity index (χ1) is 9.79. The van der Waals surface area contributed by atoms with Gasteiger partial charge in [0.2, 0.25) is 0 Å². The van der Waals surface area contributed by atoms with Crippen LogP contribution in [-0.2, 0) is 6.54 Å². The van der Waals surface area contributed by atoms with E-state index in [-0.39, 0.29) is 23.3 Å². The topological polar surface area (TPSA) is 59.6 Å². The maximum atomic E-state index is 12.4. The number of hydrogen-bond acceptors (Lipinski definition) is 2. The molecule has 1 aromatic rings. The molecular weight excluding hydrogens is 323 g/mol. The molecule has 21 heavy (non-hydrogen) atoms. The fourth-order valence-corrected chi connectivity index (χ4v) is 2.07. The van der Waals surface area contributed by atoms with E-state index in [0.717, 1.165) is 0 Å². The monoisotopic (exact) mass is 339 g/mol. The number of alkyl halides is 2. The van der Waals surface area contributed by atoms with E-state index in [0.29, 0.717) is 23.0 Å². The maximum Gasteiger partial charge on any atom is 0.387 e. The molecule has 0 spiro atoms. The van der Waals surface area contributed by atoms with Gasteiger partial charge in [0.1, 0.15) is 5.75 Å².